The third kappa shape index (κ3) is 63.0. The van der Waals surface area contributed by atoms with Gasteiger partial charge in [0.25, 0.3) is 0 Å². The van der Waals surface area contributed by atoms with Gasteiger partial charge in [-0.25, -0.2) is 0 Å². The van der Waals surface area contributed by atoms with Crippen LogP contribution in [0, 0.1) is 0 Å². The highest BCUT2D eigenvalue weighted by Crippen LogP contribution is 2.17. The van der Waals surface area contributed by atoms with Crippen molar-refractivity contribution < 1.29 is 19.4 Å². The maximum Gasteiger partial charge on any atom is 0.305 e. The van der Waals surface area contributed by atoms with Crippen LogP contribution in [-0.4, -0.2) is 23.7 Å². The second-order valence-electron chi connectivity index (χ2n) is 19.4. The van der Waals surface area contributed by atoms with Crippen molar-refractivity contribution in [1.29, 1.82) is 0 Å². The molecule has 0 aromatic rings. The van der Waals surface area contributed by atoms with E-state index >= 15 is 0 Å². The highest BCUT2D eigenvalue weighted by molar-refractivity contribution is 5.69. The molecule has 0 radical (unpaired) electrons. The monoisotopic (exact) mass is 875 g/mol. The van der Waals surface area contributed by atoms with Gasteiger partial charge in [-0.05, 0) is 44.9 Å². The lowest BCUT2D eigenvalue weighted by molar-refractivity contribution is -0.144. The van der Waals surface area contributed by atoms with E-state index in [1.807, 2.05) is 0 Å². The molecule has 0 unspecified atom stereocenters. The Bertz CT molecular complexity index is 852. The van der Waals surface area contributed by atoms with Crippen LogP contribution in [0.2, 0.25) is 0 Å². The molecule has 370 valence electrons. The molecule has 0 aliphatic rings. The average molecular weight is 876 g/mol. The van der Waals surface area contributed by atoms with Gasteiger partial charge in [-0.2, -0.15) is 0 Å². The summed E-state index contributed by atoms with van der Waals surface area (Å²) >= 11 is 0. The van der Waals surface area contributed by atoms with Crippen molar-refractivity contribution in [2.75, 3.05) is 6.61 Å². The first-order valence-corrected chi connectivity index (χ1v) is 28.6. The molecular weight excluding hydrogens is 761 g/mol. The van der Waals surface area contributed by atoms with E-state index in [9.17, 15) is 9.59 Å². The van der Waals surface area contributed by atoms with E-state index in [4.69, 9.17) is 9.84 Å². The van der Waals surface area contributed by atoms with Gasteiger partial charge in [-0.1, -0.05) is 296 Å². The van der Waals surface area contributed by atoms with Crippen molar-refractivity contribution in [2.45, 2.75) is 342 Å². The van der Waals surface area contributed by atoms with E-state index in [1.54, 1.807) is 0 Å². The minimum atomic E-state index is -0.656. The predicted molar refractivity (Wildman–Crippen MR) is 276 cm³/mol. The highest BCUT2D eigenvalue weighted by Gasteiger charge is 2.03. The van der Waals surface area contributed by atoms with Crippen LogP contribution in [0.25, 0.3) is 0 Å². The van der Waals surface area contributed by atoms with Crippen LogP contribution in [0.4, 0.5) is 0 Å². The molecule has 0 amide bonds. The van der Waals surface area contributed by atoms with Crippen molar-refractivity contribution in [1.82, 2.24) is 0 Å². The molecule has 0 saturated carbocycles. The second-order valence-corrected chi connectivity index (χ2v) is 19.4. The molecule has 4 heteroatoms. The number of carbonyl (C=O) groups is 2. The van der Waals surface area contributed by atoms with E-state index in [0.717, 1.165) is 25.7 Å². The van der Waals surface area contributed by atoms with Gasteiger partial charge in [-0.3, -0.25) is 9.59 Å². The Hall–Kier alpha value is -1.32. The number of carboxylic acid groups (broad SMARTS) is 1. The molecule has 0 heterocycles. The van der Waals surface area contributed by atoms with E-state index in [-0.39, 0.29) is 5.97 Å². The number of carboxylic acids is 1. The van der Waals surface area contributed by atoms with Crippen LogP contribution in [-0.2, 0) is 14.3 Å². The topological polar surface area (TPSA) is 63.6 Å². The van der Waals surface area contributed by atoms with Crippen LogP contribution in [0.3, 0.4) is 0 Å². The number of esters is 1. The zero-order chi connectivity index (χ0) is 45.3. The Balaban J connectivity index is 0. The third-order valence-electron chi connectivity index (χ3n) is 12.9. The number of rotatable bonds is 52. The first-order valence-electron chi connectivity index (χ1n) is 28.6. The summed E-state index contributed by atoms with van der Waals surface area (Å²) in [6.45, 7) is 7.48. The van der Waals surface area contributed by atoms with Gasteiger partial charge in [0.2, 0.25) is 0 Å². The molecular formula is C58H114O4. The lowest BCUT2D eigenvalue weighted by atomic mass is 10.0. The van der Waals surface area contributed by atoms with Crippen LogP contribution in [0.15, 0.2) is 12.2 Å². The molecule has 0 aromatic heterocycles. The van der Waals surface area contributed by atoms with Crippen molar-refractivity contribution in [2.24, 2.45) is 0 Å². The summed E-state index contributed by atoms with van der Waals surface area (Å²) in [4.78, 5) is 22.3. The number of hydrogen-bond acceptors (Lipinski definition) is 3. The van der Waals surface area contributed by atoms with Gasteiger partial charge in [-0.15, -0.1) is 0 Å². The van der Waals surface area contributed by atoms with Crippen LogP contribution >= 0.6 is 0 Å². The first-order chi connectivity index (χ1) is 30.6. The summed E-state index contributed by atoms with van der Waals surface area (Å²) in [6, 6.07) is 0. The SMILES string of the molecule is CCCCCCCC/C=C\CCCCCCCCCCCC(=O)O.CCCCCCCCCCCCCCCCCCCCCCOC(=O)CCCCCCCCCCCCC. The summed E-state index contributed by atoms with van der Waals surface area (Å²) < 4.78 is 5.43. The van der Waals surface area contributed by atoms with Crippen molar-refractivity contribution >= 4 is 11.9 Å². The summed E-state index contributed by atoms with van der Waals surface area (Å²) in [5, 5.41) is 8.55. The van der Waals surface area contributed by atoms with Gasteiger partial charge in [0.15, 0.2) is 0 Å². The molecule has 0 atom stereocenters. The minimum absolute atomic E-state index is 0.0266. The fraction of sp³-hybridized carbons (Fsp3) is 0.931. The van der Waals surface area contributed by atoms with Gasteiger partial charge >= 0.3 is 11.9 Å². The third-order valence-corrected chi connectivity index (χ3v) is 12.9. The molecule has 0 saturated heterocycles. The van der Waals surface area contributed by atoms with Crippen molar-refractivity contribution in [3.05, 3.63) is 12.2 Å². The summed E-state index contributed by atoms with van der Waals surface area (Å²) in [5.41, 5.74) is 0. The van der Waals surface area contributed by atoms with Crippen molar-refractivity contribution in [3.8, 4) is 0 Å². The van der Waals surface area contributed by atoms with Crippen LogP contribution in [0.1, 0.15) is 342 Å². The fourth-order valence-corrected chi connectivity index (χ4v) is 8.60. The number of aliphatic carboxylic acids is 1. The standard InChI is InChI=1S/C36H72O2.C22H42O2/c1-3-5-7-9-11-13-15-16-17-18-19-20-21-22-23-25-27-29-31-33-35-38-36(37)34-32-30-28-26-24-14-12-10-8-6-4-2;1-2-3-4-5-6-7-8-9-10-11-12-13-14-15-16-17-18-19-20-21-22(23)24/h3-35H2,1-2H3;9-10H,2-8,11-21H2,1H3,(H,23,24)/b;10-9-. The van der Waals surface area contributed by atoms with E-state index in [0.29, 0.717) is 19.4 Å². The molecule has 0 aliphatic carbocycles. The first kappa shape index (κ1) is 62.8. The van der Waals surface area contributed by atoms with E-state index < -0.39 is 5.97 Å². The van der Waals surface area contributed by atoms with Crippen LogP contribution < -0.4 is 0 Å². The molecule has 0 rings (SSSR count). The molecule has 0 aliphatic heterocycles. The second kappa shape index (κ2) is 59.7. The number of allylic oxidation sites excluding steroid dienone is 2. The van der Waals surface area contributed by atoms with E-state index in [2.05, 4.69) is 32.9 Å². The quantitative estimate of drug-likeness (QED) is 0.0376. The summed E-state index contributed by atoms with van der Waals surface area (Å²) in [5.74, 6) is -0.630. The molecule has 0 bridgehead atoms. The fourth-order valence-electron chi connectivity index (χ4n) is 8.60. The maximum absolute atomic E-state index is 11.9. The molecule has 0 aromatic carbocycles. The largest absolute Gasteiger partial charge is 0.481 e. The Morgan fingerprint density at radius 1 is 0.306 bits per heavy atom. The highest BCUT2D eigenvalue weighted by atomic mass is 16.5. The zero-order valence-corrected chi connectivity index (χ0v) is 42.9. The van der Waals surface area contributed by atoms with Crippen molar-refractivity contribution in [3.63, 3.8) is 0 Å². The van der Waals surface area contributed by atoms with Crippen LogP contribution in [0.5, 0.6) is 0 Å². The molecule has 62 heavy (non-hydrogen) atoms. The smallest absolute Gasteiger partial charge is 0.305 e. The number of carbonyl (C=O) groups excluding carboxylic acids is 1. The number of ether oxygens (including phenoxy) is 1. The maximum atomic E-state index is 11.9. The summed E-state index contributed by atoms with van der Waals surface area (Å²) in [7, 11) is 0. The van der Waals surface area contributed by atoms with Gasteiger partial charge in [0, 0.05) is 12.8 Å². The summed E-state index contributed by atoms with van der Waals surface area (Å²) in [6.07, 6.45) is 70.2. The zero-order valence-electron chi connectivity index (χ0n) is 42.9. The number of hydrogen-bond donors (Lipinski definition) is 1. The Morgan fingerprint density at radius 3 is 0.806 bits per heavy atom. The number of unbranched alkanes of at least 4 members (excludes halogenated alkanes) is 44. The Morgan fingerprint density at radius 2 is 0.532 bits per heavy atom. The normalized spacial score (nSPS) is 11.3. The molecule has 0 spiro atoms. The molecule has 4 nitrogen and oxygen atoms in total. The average Bonchev–Trinajstić information content (AvgIpc) is 3.27. The Kier molecular flexibility index (Phi) is 60.4. The minimum Gasteiger partial charge on any atom is -0.481 e. The lowest BCUT2D eigenvalue weighted by Crippen LogP contribution is -2.05. The Labute approximate surface area is 390 Å². The molecule has 0 fully saturated rings. The van der Waals surface area contributed by atoms with E-state index in [1.165, 1.54) is 283 Å². The lowest BCUT2D eigenvalue weighted by Gasteiger charge is -2.06. The van der Waals surface area contributed by atoms with Gasteiger partial charge < -0.3 is 9.84 Å². The predicted octanol–water partition coefficient (Wildman–Crippen LogP) is 20.7. The van der Waals surface area contributed by atoms with Gasteiger partial charge in [0.05, 0.1) is 6.61 Å². The molecule has 1 N–H and O–H groups in total. The van der Waals surface area contributed by atoms with Gasteiger partial charge in [0.1, 0.15) is 0 Å².